The predicted octanol–water partition coefficient (Wildman–Crippen LogP) is 1.65. The van der Waals surface area contributed by atoms with E-state index in [1.165, 1.54) is 25.0 Å². The average molecular weight is 226 g/mol. The number of rotatable bonds is 4. The number of nitrogens with one attached hydrogen (secondary N) is 1. The highest BCUT2D eigenvalue weighted by Gasteiger charge is 2.19. The van der Waals surface area contributed by atoms with Crippen LogP contribution in [-0.2, 0) is 6.42 Å². The number of hydrogen-bond donors (Lipinski definition) is 2. The first-order chi connectivity index (χ1) is 7.40. The molecule has 0 saturated carbocycles. The Morgan fingerprint density at radius 1 is 1.47 bits per heavy atom. The number of thioether (sulfide) groups is 1. The first-order valence-electron chi connectivity index (χ1n) is 5.63. The highest BCUT2D eigenvalue weighted by molar-refractivity contribution is 7.99. The first kappa shape index (κ1) is 11.0. The average Bonchev–Trinajstić information content (AvgIpc) is 2.76. The summed E-state index contributed by atoms with van der Waals surface area (Å²) < 4.78 is 0. The van der Waals surface area contributed by atoms with Gasteiger partial charge in [-0.1, -0.05) is 6.42 Å². The maximum Gasteiger partial charge on any atom is 0.163 e. The molecule has 0 aliphatic carbocycles. The van der Waals surface area contributed by atoms with E-state index < -0.39 is 0 Å². The van der Waals surface area contributed by atoms with Gasteiger partial charge < -0.3 is 5.73 Å². The Labute approximate surface area is 94.4 Å². The van der Waals surface area contributed by atoms with Crippen molar-refractivity contribution in [2.24, 2.45) is 5.73 Å². The van der Waals surface area contributed by atoms with Crippen molar-refractivity contribution in [3.63, 3.8) is 0 Å². The van der Waals surface area contributed by atoms with Gasteiger partial charge in [-0.3, -0.25) is 5.10 Å². The maximum absolute atomic E-state index is 5.46. The lowest BCUT2D eigenvalue weighted by Crippen LogP contribution is -2.04. The molecular weight excluding hydrogens is 208 g/mol. The fraction of sp³-hybridized carbons (Fsp3) is 0.800. The van der Waals surface area contributed by atoms with E-state index in [1.54, 1.807) is 0 Å². The zero-order valence-corrected chi connectivity index (χ0v) is 9.72. The van der Waals surface area contributed by atoms with Crippen molar-refractivity contribution >= 4 is 11.8 Å². The van der Waals surface area contributed by atoms with Gasteiger partial charge in [-0.05, 0) is 31.6 Å². The van der Waals surface area contributed by atoms with Crippen LogP contribution in [-0.4, -0.2) is 27.5 Å². The topological polar surface area (TPSA) is 67.6 Å². The summed E-state index contributed by atoms with van der Waals surface area (Å²) in [6.07, 6.45) is 5.77. The maximum atomic E-state index is 5.46. The van der Waals surface area contributed by atoms with Crippen LogP contribution in [0, 0.1) is 0 Å². The first-order valence-corrected chi connectivity index (χ1v) is 6.68. The van der Waals surface area contributed by atoms with Crippen LogP contribution in [0.15, 0.2) is 0 Å². The van der Waals surface area contributed by atoms with Crippen LogP contribution in [0.25, 0.3) is 0 Å². The van der Waals surface area contributed by atoms with Crippen molar-refractivity contribution in [2.75, 3.05) is 12.3 Å². The quantitative estimate of drug-likeness (QED) is 0.819. The Balaban J connectivity index is 1.93. The molecule has 3 N–H and O–H groups in total. The number of aryl methyl sites for hydroxylation is 1. The summed E-state index contributed by atoms with van der Waals surface area (Å²) in [5, 5.41) is 7.82. The molecule has 1 aliphatic rings. The van der Waals surface area contributed by atoms with Crippen molar-refractivity contribution in [3.8, 4) is 0 Å². The van der Waals surface area contributed by atoms with E-state index in [1.807, 2.05) is 11.8 Å². The summed E-state index contributed by atoms with van der Waals surface area (Å²) in [6, 6.07) is 0. The van der Waals surface area contributed by atoms with Gasteiger partial charge in [-0.15, -0.1) is 0 Å². The number of H-pyrrole nitrogens is 1. The minimum Gasteiger partial charge on any atom is -0.330 e. The third-order valence-corrected chi connectivity index (χ3v) is 4.01. The molecule has 4 nitrogen and oxygen atoms in total. The second-order valence-corrected chi connectivity index (χ2v) is 5.20. The number of nitrogens with two attached hydrogens (primary N) is 1. The lowest BCUT2D eigenvalue weighted by molar-refractivity contribution is 0.663. The molecule has 15 heavy (non-hydrogen) atoms. The van der Waals surface area contributed by atoms with E-state index in [9.17, 15) is 0 Å². The van der Waals surface area contributed by atoms with E-state index in [-0.39, 0.29) is 0 Å². The number of aromatic amines is 1. The molecule has 1 aliphatic heterocycles. The standard InChI is InChI=1S/C10H18N4S/c11-6-3-5-9-12-10(14-13-9)8-4-1-2-7-15-8/h8H,1-7,11H2,(H,12,13,14). The molecule has 2 rings (SSSR count). The van der Waals surface area contributed by atoms with E-state index >= 15 is 0 Å². The molecule has 1 fully saturated rings. The second kappa shape index (κ2) is 5.51. The molecule has 1 unspecified atom stereocenters. The molecule has 1 saturated heterocycles. The molecule has 5 heteroatoms. The van der Waals surface area contributed by atoms with E-state index in [0.29, 0.717) is 11.8 Å². The van der Waals surface area contributed by atoms with Crippen LogP contribution in [0.4, 0.5) is 0 Å². The SMILES string of the molecule is NCCCc1nc(C2CCCCS2)n[nH]1. The normalized spacial score (nSPS) is 21.8. The van der Waals surface area contributed by atoms with Gasteiger partial charge in [0.05, 0.1) is 5.25 Å². The van der Waals surface area contributed by atoms with Crippen LogP contribution < -0.4 is 5.73 Å². The van der Waals surface area contributed by atoms with Crippen LogP contribution >= 0.6 is 11.8 Å². The molecule has 0 bridgehead atoms. The number of aromatic nitrogens is 3. The summed E-state index contributed by atoms with van der Waals surface area (Å²) in [4.78, 5) is 4.53. The molecule has 1 atom stereocenters. The van der Waals surface area contributed by atoms with E-state index in [2.05, 4.69) is 15.2 Å². The summed E-state index contributed by atoms with van der Waals surface area (Å²) in [5.74, 6) is 3.23. The molecule has 0 amide bonds. The Morgan fingerprint density at radius 2 is 2.40 bits per heavy atom. The molecular formula is C10H18N4S. The zero-order chi connectivity index (χ0) is 10.5. The molecule has 1 aromatic heterocycles. The molecule has 0 spiro atoms. The van der Waals surface area contributed by atoms with Gasteiger partial charge in [0.15, 0.2) is 5.82 Å². The van der Waals surface area contributed by atoms with Gasteiger partial charge in [-0.25, -0.2) is 4.98 Å². The van der Waals surface area contributed by atoms with Crippen molar-refractivity contribution in [3.05, 3.63) is 11.6 Å². The van der Waals surface area contributed by atoms with Gasteiger partial charge in [0.2, 0.25) is 0 Å². The highest BCUT2D eigenvalue weighted by Crippen LogP contribution is 2.36. The third kappa shape index (κ3) is 2.95. The molecule has 0 aromatic carbocycles. The summed E-state index contributed by atoms with van der Waals surface area (Å²) in [5.41, 5.74) is 5.46. The molecule has 0 radical (unpaired) electrons. The minimum atomic E-state index is 0.515. The van der Waals surface area contributed by atoms with Crippen LogP contribution in [0.3, 0.4) is 0 Å². The van der Waals surface area contributed by atoms with E-state index in [4.69, 9.17) is 5.73 Å². The van der Waals surface area contributed by atoms with Gasteiger partial charge in [0, 0.05) is 6.42 Å². The summed E-state index contributed by atoms with van der Waals surface area (Å²) >= 11 is 1.98. The van der Waals surface area contributed by atoms with Crippen molar-refractivity contribution < 1.29 is 0 Å². The van der Waals surface area contributed by atoms with Crippen LogP contribution in [0.5, 0.6) is 0 Å². The Kier molecular flexibility index (Phi) is 4.02. The Bertz CT molecular complexity index is 293. The van der Waals surface area contributed by atoms with Crippen molar-refractivity contribution in [1.29, 1.82) is 0 Å². The largest absolute Gasteiger partial charge is 0.330 e. The van der Waals surface area contributed by atoms with E-state index in [0.717, 1.165) is 24.5 Å². The van der Waals surface area contributed by atoms with Crippen LogP contribution in [0.2, 0.25) is 0 Å². The molecule has 1 aromatic rings. The fourth-order valence-corrected chi connectivity index (χ4v) is 3.02. The lowest BCUT2D eigenvalue weighted by atomic mass is 10.2. The fourth-order valence-electron chi connectivity index (χ4n) is 1.78. The zero-order valence-electron chi connectivity index (χ0n) is 8.91. The summed E-state index contributed by atoms with van der Waals surface area (Å²) in [7, 11) is 0. The van der Waals surface area contributed by atoms with Crippen LogP contribution in [0.1, 0.15) is 42.6 Å². The Hall–Kier alpha value is -0.550. The van der Waals surface area contributed by atoms with Crippen molar-refractivity contribution in [2.45, 2.75) is 37.4 Å². The molecule has 84 valence electrons. The highest BCUT2D eigenvalue weighted by atomic mass is 32.2. The van der Waals surface area contributed by atoms with Gasteiger partial charge in [0.25, 0.3) is 0 Å². The third-order valence-electron chi connectivity index (χ3n) is 2.63. The molecule has 2 heterocycles. The lowest BCUT2D eigenvalue weighted by Gasteiger charge is -2.17. The number of nitrogens with zero attached hydrogens (tertiary/aromatic N) is 2. The second-order valence-electron chi connectivity index (χ2n) is 3.89. The van der Waals surface area contributed by atoms with Crippen molar-refractivity contribution in [1.82, 2.24) is 15.2 Å². The Morgan fingerprint density at radius 3 is 3.13 bits per heavy atom. The minimum absolute atomic E-state index is 0.515. The van der Waals surface area contributed by atoms with Gasteiger partial charge >= 0.3 is 0 Å². The monoisotopic (exact) mass is 226 g/mol. The van der Waals surface area contributed by atoms with Gasteiger partial charge in [0.1, 0.15) is 5.82 Å². The predicted molar refractivity (Wildman–Crippen MR) is 62.8 cm³/mol. The number of hydrogen-bond acceptors (Lipinski definition) is 4. The smallest absolute Gasteiger partial charge is 0.163 e. The summed E-state index contributed by atoms with van der Waals surface area (Å²) in [6.45, 7) is 0.716. The van der Waals surface area contributed by atoms with Gasteiger partial charge in [-0.2, -0.15) is 16.9 Å².